The van der Waals surface area contributed by atoms with Crippen molar-refractivity contribution in [3.63, 3.8) is 0 Å². The third kappa shape index (κ3) is 3.35. The van der Waals surface area contributed by atoms with Gasteiger partial charge in [0.2, 0.25) is 0 Å². The number of nitrogens with zero attached hydrogens (tertiary/aromatic N) is 3. The number of fused-ring (bicyclic) bond motifs is 3. The van der Waals surface area contributed by atoms with E-state index in [0.717, 1.165) is 27.6 Å². The number of aromatic nitrogens is 3. The normalized spacial score (nSPS) is 11.3. The van der Waals surface area contributed by atoms with Gasteiger partial charge in [-0.2, -0.15) is 0 Å². The molecule has 0 atom stereocenters. The summed E-state index contributed by atoms with van der Waals surface area (Å²) in [4.78, 5) is 27.6. The van der Waals surface area contributed by atoms with E-state index >= 15 is 0 Å². The van der Waals surface area contributed by atoms with E-state index in [9.17, 15) is 9.59 Å². The molecule has 5 rings (SSSR count). The summed E-state index contributed by atoms with van der Waals surface area (Å²) in [5, 5.41) is 0.796. The molecule has 0 N–H and O–H groups in total. The summed E-state index contributed by atoms with van der Waals surface area (Å²) in [6.45, 7) is 6.09. The lowest BCUT2D eigenvalue weighted by molar-refractivity contribution is 0.415. The first-order valence-corrected chi connectivity index (χ1v) is 11.0. The van der Waals surface area contributed by atoms with E-state index in [0.29, 0.717) is 29.0 Å². The summed E-state index contributed by atoms with van der Waals surface area (Å²) >= 11 is 0. The highest BCUT2D eigenvalue weighted by atomic mass is 16.5. The molecule has 2 aromatic heterocycles. The molecule has 0 bridgehead atoms. The second kappa shape index (κ2) is 8.23. The molecule has 34 heavy (non-hydrogen) atoms. The van der Waals surface area contributed by atoms with Crippen molar-refractivity contribution in [1.29, 1.82) is 0 Å². The van der Waals surface area contributed by atoms with Crippen LogP contribution < -0.4 is 16.0 Å². The number of benzene rings is 3. The lowest BCUT2D eigenvalue weighted by Gasteiger charge is -2.14. The first-order valence-electron chi connectivity index (χ1n) is 11.0. The van der Waals surface area contributed by atoms with Crippen LogP contribution in [-0.2, 0) is 13.6 Å². The fraction of sp³-hybridized carbons (Fsp3) is 0.143. The van der Waals surface area contributed by atoms with E-state index in [-0.39, 0.29) is 11.2 Å². The molecule has 170 valence electrons. The van der Waals surface area contributed by atoms with Crippen LogP contribution in [0.1, 0.15) is 16.7 Å². The van der Waals surface area contributed by atoms with Crippen LogP contribution in [0.25, 0.3) is 33.7 Å². The van der Waals surface area contributed by atoms with Crippen LogP contribution in [0, 0.1) is 6.92 Å². The molecule has 5 aromatic rings. The maximum absolute atomic E-state index is 13.9. The zero-order chi connectivity index (χ0) is 24.0. The van der Waals surface area contributed by atoms with E-state index in [1.807, 2.05) is 73.1 Å². The third-order valence-electron chi connectivity index (χ3n) is 6.33. The Labute approximate surface area is 196 Å². The maximum atomic E-state index is 13.9. The van der Waals surface area contributed by atoms with Crippen LogP contribution in [0.2, 0.25) is 0 Å². The number of aryl methyl sites for hydroxylation is 2. The van der Waals surface area contributed by atoms with Crippen molar-refractivity contribution in [2.75, 3.05) is 7.11 Å². The van der Waals surface area contributed by atoms with Gasteiger partial charge in [0.15, 0.2) is 0 Å². The van der Waals surface area contributed by atoms with Crippen molar-refractivity contribution in [2.45, 2.75) is 13.5 Å². The quantitative estimate of drug-likeness (QED) is 0.391. The molecular formula is C28H25N3O3. The van der Waals surface area contributed by atoms with E-state index in [1.54, 1.807) is 29.9 Å². The van der Waals surface area contributed by atoms with Crippen molar-refractivity contribution in [2.24, 2.45) is 7.05 Å². The van der Waals surface area contributed by atoms with Gasteiger partial charge < -0.3 is 9.30 Å². The van der Waals surface area contributed by atoms with Crippen molar-refractivity contribution in [3.05, 3.63) is 111 Å². The summed E-state index contributed by atoms with van der Waals surface area (Å²) in [7, 11) is 3.45. The van der Waals surface area contributed by atoms with Gasteiger partial charge in [-0.3, -0.25) is 9.36 Å². The van der Waals surface area contributed by atoms with Gasteiger partial charge in [0.25, 0.3) is 5.56 Å². The van der Waals surface area contributed by atoms with Crippen molar-refractivity contribution in [3.8, 4) is 11.4 Å². The Kier molecular flexibility index (Phi) is 5.21. The molecule has 0 spiro atoms. The Hall–Kier alpha value is -4.32. The largest absolute Gasteiger partial charge is 0.497 e. The summed E-state index contributed by atoms with van der Waals surface area (Å²) in [5.41, 5.74) is 4.73. The van der Waals surface area contributed by atoms with Crippen LogP contribution in [0.3, 0.4) is 0 Å². The van der Waals surface area contributed by atoms with E-state index in [2.05, 4.69) is 6.58 Å². The highest BCUT2D eigenvalue weighted by Crippen LogP contribution is 2.29. The monoisotopic (exact) mass is 451 g/mol. The van der Waals surface area contributed by atoms with Crippen molar-refractivity contribution in [1.82, 2.24) is 13.7 Å². The fourth-order valence-electron chi connectivity index (χ4n) is 4.47. The molecular weight excluding hydrogens is 426 g/mol. The van der Waals surface area contributed by atoms with Gasteiger partial charge >= 0.3 is 5.69 Å². The van der Waals surface area contributed by atoms with Gasteiger partial charge in [0.05, 0.1) is 30.4 Å². The smallest absolute Gasteiger partial charge is 0.336 e. The molecule has 6 nitrogen and oxygen atoms in total. The van der Waals surface area contributed by atoms with Gasteiger partial charge in [0, 0.05) is 12.4 Å². The minimum atomic E-state index is -0.385. The van der Waals surface area contributed by atoms with Gasteiger partial charge in [-0.05, 0) is 48.4 Å². The zero-order valence-electron chi connectivity index (χ0n) is 19.4. The number of rotatable bonds is 5. The van der Waals surface area contributed by atoms with Crippen LogP contribution in [0.4, 0.5) is 0 Å². The Morgan fingerprint density at radius 1 is 0.941 bits per heavy atom. The van der Waals surface area contributed by atoms with Crippen LogP contribution >= 0.6 is 0 Å². The molecule has 0 aliphatic carbocycles. The average molecular weight is 452 g/mol. The highest BCUT2D eigenvalue weighted by molar-refractivity contribution is 6.06. The predicted molar refractivity (Wildman–Crippen MR) is 137 cm³/mol. The minimum Gasteiger partial charge on any atom is -0.497 e. The molecule has 0 aliphatic heterocycles. The van der Waals surface area contributed by atoms with Crippen LogP contribution in [0.15, 0.2) is 82.9 Å². The Morgan fingerprint density at radius 3 is 2.29 bits per heavy atom. The first kappa shape index (κ1) is 21.5. The molecule has 0 saturated heterocycles. The zero-order valence-corrected chi connectivity index (χ0v) is 19.4. The van der Waals surface area contributed by atoms with Gasteiger partial charge in [-0.25, -0.2) is 9.36 Å². The van der Waals surface area contributed by atoms with Crippen LogP contribution in [-0.4, -0.2) is 20.8 Å². The van der Waals surface area contributed by atoms with Crippen molar-refractivity contribution >= 4 is 28.0 Å². The van der Waals surface area contributed by atoms with Gasteiger partial charge in [-0.1, -0.05) is 54.6 Å². The molecule has 3 aromatic carbocycles. The number of hydrogen-bond acceptors (Lipinski definition) is 3. The predicted octanol–water partition coefficient (Wildman–Crippen LogP) is 4.65. The first-order chi connectivity index (χ1) is 16.4. The third-order valence-corrected chi connectivity index (χ3v) is 6.33. The standard InChI is InChI=1S/C28H25N3O3/c1-5-19-8-10-20(11-9-19)17-30-25-23-16-22(34-4)14-15-24(23)29(3)26(25)27(32)31(28(30)33)21-12-6-18(2)7-13-21/h5-16H,1,17H2,2-4H3. The van der Waals surface area contributed by atoms with E-state index < -0.39 is 0 Å². The maximum Gasteiger partial charge on any atom is 0.336 e. The molecule has 2 heterocycles. The van der Waals surface area contributed by atoms with E-state index in [4.69, 9.17) is 4.74 Å². The Morgan fingerprint density at radius 2 is 1.65 bits per heavy atom. The second-order valence-corrected chi connectivity index (χ2v) is 8.43. The second-order valence-electron chi connectivity index (χ2n) is 8.43. The molecule has 0 fully saturated rings. The molecule has 0 amide bonds. The summed E-state index contributed by atoms with van der Waals surface area (Å²) in [6.07, 6.45) is 1.78. The Bertz CT molecular complexity index is 1670. The van der Waals surface area contributed by atoms with E-state index in [1.165, 1.54) is 4.57 Å². The number of methoxy groups -OCH3 is 1. The highest BCUT2D eigenvalue weighted by Gasteiger charge is 2.21. The molecule has 6 heteroatoms. The fourth-order valence-corrected chi connectivity index (χ4v) is 4.47. The summed E-state index contributed by atoms with van der Waals surface area (Å²) in [5.74, 6) is 0.664. The lowest BCUT2D eigenvalue weighted by atomic mass is 10.1. The Balaban J connectivity index is 1.90. The van der Waals surface area contributed by atoms with Crippen LogP contribution in [0.5, 0.6) is 5.75 Å². The minimum absolute atomic E-state index is 0.315. The molecule has 0 saturated carbocycles. The number of ether oxygens (including phenoxy) is 1. The SMILES string of the molecule is C=Cc1ccc(Cn2c(=O)n(-c3ccc(C)cc3)c(=O)c3c2c2cc(OC)ccc2n3C)cc1. The summed E-state index contributed by atoms with van der Waals surface area (Å²) in [6, 6.07) is 20.9. The van der Waals surface area contributed by atoms with Gasteiger partial charge in [-0.15, -0.1) is 0 Å². The summed E-state index contributed by atoms with van der Waals surface area (Å²) < 4.78 is 10.2. The lowest BCUT2D eigenvalue weighted by Crippen LogP contribution is -2.39. The average Bonchev–Trinajstić information content (AvgIpc) is 3.15. The van der Waals surface area contributed by atoms with Crippen molar-refractivity contribution < 1.29 is 4.74 Å². The molecule has 0 aliphatic rings. The van der Waals surface area contributed by atoms with Gasteiger partial charge in [0.1, 0.15) is 11.3 Å². The molecule has 0 unspecified atom stereocenters. The topological polar surface area (TPSA) is 58.2 Å². The molecule has 0 radical (unpaired) electrons. The number of hydrogen-bond donors (Lipinski definition) is 0.